The third kappa shape index (κ3) is 1.89. The Balaban J connectivity index is 1.88. The first-order chi connectivity index (χ1) is 10.7. The lowest BCUT2D eigenvalue weighted by molar-refractivity contribution is 1.21. The first-order valence-electron chi connectivity index (χ1n) is 8.29. The topological polar surface area (TPSA) is 0 Å². The highest BCUT2D eigenvalue weighted by atomic mass is 28.3. The van der Waals surface area contributed by atoms with Crippen LogP contribution in [-0.4, -0.2) is 8.07 Å². The van der Waals surface area contributed by atoms with Gasteiger partial charge in [0.15, 0.2) is 0 Å². The van der Waals surface area contributed by atoms with Crippen LogP contribution in [0.1, 0.15) is 18.1 Å². The SMILES string of the molecule is CC[Si](C)(c1cccc2c1Cc1ccccc1-2)C1C=CC=C1. The molecule has 4 rings (SSSR count). The number of hydrogen-bond donors (Lipinski definition) is 0. The van der Waals surface area contributed by atoms with E-state index in [0.29, 0.717) is 5.54 Å². The Morgan fingerprint density at radius 1 is 0.955 bits per heavy atom. The van der Waals surface area contributed by atoms with Crippen LogP contribution < -0.4 is 5.19 Å². The summed E-state index contributed by atoms with van der Waals surface area (Å²) in [5.41, 5.74) is 6.67. The summed E-state index contributed by atoms with van der Waals surface area (Å²) < 4.78 is 0. The van der Waals surface area contributed by atoms with Crippen molar-refractivity contribution < 1.29 is 0 Å². The molecule has 0 spiro atoms. The molecule has 0 aromatic heterocycles. The lowest BCUT2D eigenvalue weighted by atomic mass is 10.1. The molecule has 0 aliphatic heterocycles. The van der Waals surface area contributed by atoms with Gasteiger partial charge in [-0.05, 0) is 34.2 Å². The molecule has 2 aromatic rings. The van der Waals surface area contributed by atoms with Crippen LogP contribution in [0, 0.1) is 0 Å². The first-order valence-corrected chi connectivity index (χ1v) is 11.1. The highest BCUT2D eigenvalue weighted by Crippen LogP contribution is 2.39. The summed E-state index contributed by atoms with van der Waals surface area (Å²) in [5, 5.41) is 1.67. The summed E-state index contributed by atoms with van der Waals surface area (Å²) in [7, 11) is -1.54. The summed E-state index contributed by atoms with van der Waals surface area (Å²) >= 11 is 0. The molecule has 0 radical (unpaired) electrons. The van der Waals surface area contributed by atoms with Crippen molar-refractivity contribution >= 4 is 13.3 Å². The Labute approximate surface area is 134 Å². The third-order valence-corrected chi connectivity index (χ3v) is 10.7. The Morgan fingerprint density at radius 2 is 1.68 bits per heavy atom. The van der Waals surface area contributed by atoms with Gasteiger partial charge in [0.25, 0.3) is 0 Å². The van der Waals surface area contributed by atoms with E-state index in [0.717, 1.165) is 6.42 Å². The normalized spacial score (nSPS) is 18.3. The fourth-order valence-electron chi connectivity index (χ4n) is 4.15. The predicted molar refractivity (Wildman–Crippen MR) is 98.4 cm³/mol. The fourth-order valence-corrected chi connectivity index (χ4v) is 7.83. The molecule has 1 unspecified atom stereocenters. The van der Waals surface area contributed by atoms with E-state index in [1.807, 2.05) is 0 Å². The van der Waals surface area contributed by atoms with Crippen molar-refractivity contribution in [3.8, 4) is 11.1 Å². The Bertz CT molecular complexity index is 772. The molecular formula is C21H22Si. The van der Waals surface area contributed by atoms with E-state index in [2.05, 4.69) is 80.2 Å². The van der Waals surface area contributed by atoms with E-state index in [1.54, 1.807) is 10.8 Å². The molecule has 2 aliphatic carbocycles. The van der Waals surface area contributed by atoms with E-state index >= 15 is 0 Å². The van der Waals surface area contributed by atoms with E-state index in [9.17, 15) is 0 Å². The molecule has 1 atom stereocenters. The van der Waals surface area contributed by atoms with E-state index in [1.165, 1.54) is 22.7 Å². The molecule has 2 aromatic carbocycles. The highest BCUT2D eigenvalue weighted by Gasteiger charge is 2.38. The van der Waals surface area contributed by atoms with E-state index in [-0.39, 0.29) is 0 Å². The van der Waals surface area contributed by atoms with Crippen LogP contribution >= 0.6 is 0 Å². The number of hydrogen-bond acceptors (Lipinski definition) is 0. The average molecular weight is 302 g/mol. The van der Waals surface area contributed by atoms with Crippen LogP contribution in [0.25, 0.3) is 11.1 Å². The molecule has 110 valence electrons. The van der Waals surface area contributed by atoms with Gasteiger partial charge in [-0.25, -0.2) is 0 Å². The van der Waals surface area contributed by atoms with Gasteiger partial charge in [0.05, 0.1) is 8.07 Å². The molecule has 0 fully saturated rings. The standard InChI is InChI=1S/C21H22Si/c1-3-22(2,17-10-5-6-11-17)21-14-8-13-19-18-12-7-4-9-16(18)15-20(19)21/h4-14,17H,3,15H2,1-2H3. The van der Waals surface area contributed by atoms with Crippen molar-refractivity contribution in [2.45, 2.75) is 31.5 Å². The summed E-state index contributed by atoms with van der Waals surface area (Å²) in [6, 6.07) is 17.2. The highest BCUT2D eigenvalue weighted by molar-refractivity contribution is 6.93. The second-order valence-electron chi connectivity index (χ2n) is 6.73. The van der Waals surface area contributed by atoms with Crippen molar-refractivity contribution in [2.24, 2.45) is 0 Å². The zero-order valence-corrected chi connectivity index (χ0v) is 14.3. The Hall–Kier alpha value is -1.86. The van der Waals surface area contributed by atoms with Gasteiger partial charge in [0.1, 0.15) is 0 Å². The minimum Gasteiger partial charge on any atom is -0.0800 e. The summed E-state index contributed by atoms with van der Waals surface area (Å²) in [6.07, 6.45) is 10.4. The largest absolute Gasteiger partial charge is 0.0942 e. The van der Waals surface area contributed by atoms with Gasteiger partial charge < -0.3 is 0 Å². The van der Waals surface area contributed by atoms with Crippen LogP contribution in [0.4, 0.5) is 0 Å². The van der Waals surface area contributed by atoms with Crippen molar-refractivity contribution in [1.82, 2.24) is 0 Å². The maximum absolute atomic E-state index is 2.57. The molecule has 1 heteroatoms. The molecule has 2 aliphatic rings. The van der Waals surface area contributed by atoms with Crippen LogP contribution in [0.15, 0.2) is 66.8 Å². The lowest BCUT2D eigenvalue weighted by Crippen LogP contribution is -2.48. The zero-order chi connectivity index (χ0) is 15.2. The molecular weight excluding hydrogens is 280 g/mol. The van der Waals surface area contributed by atoms with Crippen molar-refractivity contribution in [3.05, 3.63) is 77.9 Å². The monoisotopic (exact) mass is 302 g/mol. The van der Waals surface area contributed by atoms with Gasteiger partial charge in [-0.2, -0.15) is 0 Å². The zero-order valence-electron chi connectivity index (χ0n) is 13.3. The maximum atomic E-state index is 2.57. The van der Waals surface area contributed by atoms with Crippen LogP contribution in [0.3, 0.4) is 0 Å². The maximum Gasteiger partial charge on any atom is 0.0942 e. The molecule has 0 N–H and O–H groups in total. The fraction of sp³-hybridized carbons (Fsp3) is 0.238. The summed E-state index contributed by atoms with van der Waals surface area (Å²) in [4.78, 5) is 0. The molecule has 0 saturated heterocycles. The lowest BCUT2D eigenvalue weighted by Gasteiger charge is -2.33. The third-order valence-electron chi connectivity index (χ3n) is 5.68. The van der Waals surface area contributed by atoms with Gasteiger partial charge in [0, 0.05) is 0 Å². The minimum absolute atomic E-state index is 0.646. The number of fused-ring (bicyclic) bond motifs is 3. The molecule has 0 heterocycles. The van der Waals surface area contributed by atoms with Crippen LogP contribution in [0.2, 0.25) is 18.1 Å². The first kappa shape index (κ1) is 13.8. The van der Waals surface area contributed by atoms with Gasteiger partial charge in [-0.1, -0.05) is 91.5 Å². The van der Waals surface area contributed by atoms with E-state index < -0.39 is 8.07 Å². The van der Waals surface area contributed by atoms with E-state index in [4.69, 9.17) is 0 Å². The second kappa shape index (κ2) is 5.10. The van der Waals surface area contributed by atoms with Crippen molar-refractivity contribution in [3.63, 3.8) is 0 Å². The molecule has 22 heavy (non-hydrogen) atoms. The molecule has 0 saturated carbocycles. The summed E-state index contributed by atoms with van der Waals surface area (Å²) in [6.45, 7) is 4.95. The molecule has 0 nitrogen and oxygen atoms in total. The number of rotatable bonds is 3. The second-order valence-corrected chi connectivity index (χ2v) is 11.5. The predicted octanol–water partition coefficient (Wildman–Crippen LogP) is 5.06. The van der Waals surface area contributed by atoms with Gasteiger partial charge in [-0.15, -0.1) is 0 Å². The quantitative estimate of drug-likeness (QED) is 0.593. The minimum atomic E-state index is -1.54. The molecule has 0 bridgehead atoms. The van der Waals surface area contributed by atoms with Gasteiger partial charge in [-0.3, -0.25) is 0 Å². The number of benzene rings is 2. The Morgan fingerprint density at radius 3 is 2.45 bits per heavy atom. The van der Waals surface area contributed by atoms with Crippen molar-refractivity contribution in [1.29, 1.82) is 0 Å². The smallest absolute Gasteiger partial charge is 0.0800 e. The number of allylic oxidation sites excluding steroid dienone is 4. The van der Waals surface area contributed by atoms with Gasteiger partial charge >= 0.3 is 0 Å². The van der Waals surface area contributed by atoms with Crippen LogP contribution in [-0.2, 0) is 6.42 Å². The summed E-state index contributed by atoms with van der Waals surface area (Å²) in [5.74, 6) is 0. The van der Waals surface area contributed by atoms with Crippen LogP contribution in [0.5, 0.6) is 0 Å². The molecule has 0 amide bonds. The van der Waals surface area contributed by atoms with Gasteiger partial charge in [0.2, 0.25) is 0 Å². The average Bonchev–Trinajstić information content (AvgIpc) is 3.21. The van der Waals surface area contributed by atoms with Crippen molar-refractivity contribution in [2.75, 3.05) is 0 Å². The Kier molecular flexibility index (Phi) is 3.19.